The van der Waals surface area contributed by atoms with Gasteiger partial charge < -0.3 is 4.42 Å². The zero-order valence-electron chi connectivity index (χ0n) is 37.3. The van der Waals surface area contributed by atoms with Gasteiger partial charge in [0, 0.05) is 16.2 Å². The summed E-state index contributed by atoms with van der Waals surface area (Å²) in [5.41, 5.74) is 5.07. The first-order chi connectivity index (χ1) is 30.6. The molecule has 1 aromatic heterocycles. The first kappa shape index (κ1) is 23.4. The van der Waals surface area contributed by atoms with Crippen LogP contribution in [0, 0.1) is 0 Å². The second-order valence-electron chi connectivity index (χ2n) is 14.1. The Bertz CT molecular complexity index is 3920. The standard InChI is InChI=1S/C54H32O/c1-2-14-33(15-3-1)48-32-36-30-34(26-28-37(36)38-16-4-5-19-41(38)48)51-43-21-9-11-23-45(43)52(46-24-12-10-22-44(46)51)35-27-29-50-49(31-35)53-42-20-8-6-17-39(42)40-18-7-13-25-47(40)54(53)55-50/h1-32H/i9D,10D,11D,12D,21D,22D,23D,24D. The highest BCUT2D eigenvalue weighted by atomic mass is 16.3. The fraction of sp³-hybridized carbons (Fsp3) is 0. The number of benzene rings is 11. The molecule has 0 radical (unpaired) electrons. The van der Waals surface area contributed by atoms with Crippen LogP contribution in [0.1, 0.15) is 11.0 Å². The van der Waals surface area contributed by atoms with Crippen molar-refractivity contribution >= 4 is 86.6 Å². The molecule has 254 valence electrons. The van der Waals surface area contributed by atoms with E-state index in [0.29, 0.717) is 33.4 Å². The van der Waals surface area contributed by atoms with Crippen molar-refractivity contribution in [2.45, 2.75) is 0 Å². The fourth-order valence-corrected chi connectivity index (χ4v) is 8.89. The molecule has 0 atom stereocenters. The molecule has 0 amide bonds. The fourth-order valence-electron chi connectivity index (χ4n) is 8.89. The number of fused-ring (bicyclic) bond motifs is 13. The third kappa shape index (κ3) is 4.41. The topological polar surface area (TPSA) is 13.1 Å². The zero-order valence-corrected chi connectivity index (χ0v) is 29.3. The maximum absolute atomic E-state index is 9.58. The molecule has 0 aliphatic rings. The first-order valence-electron chi connectivity index (χ1n) is 22.4. The van der Waals surface area contributed by atoms with E-state index in [9.17, 15) is 5.48 Å². The van der Waals surface area contributed by atoms with Gasteiger partial charge in [0.05, 0.1) is 11.0 Å². The highest BCUT2D eigenvalue weighted by molar-refractivity contribution is 6.31. The quantitative estimate of drug-likeness (QED) is 0.132. The molecule has 0 aliphatic heterocycles. The largest absolute Gasteiger partial charge is 0.455 e. The van der Waals surface area contributed by atoms with Crippen LogP contribution >= 0.6 is 0 Å². The molecule has 12 rings (SSSR count). The molecule has 0 bridgehead atoms. The summed E-state index contributed by atoms with van der Waals surface area (Å²) in [5.74, 6) is 0. The Morgan fingerprint density at radius 3 is 1.51 bits per heavy atom. The normalized spacial score (nSPS) is 14.0. The molecular formula is C54H32O. The van der Waals surface area contributed by atoms with E-state index in [4.69, 9.17) is 9.90 Å². The van der Waals surface area contributed by atoms with E-state index in [-0.39, 0.29) is 45.7 Å². The molecule has 11 aromatic carbocycles. The Hall–Kier alpha value is -7.22. The van der Waals surface area contributed by atoms with E-state index in [1.165, 1.54) is 0 Å². The summed E-state index contributed by atoms with van der Waals surface area (Å²) < 4.78 is 80.9. The number of furan rings is 1. The molecule has 0 saturated heterocycles. The zero-order chi connectivity index (χ0) is 43.0. The third-order valence-corrected chi connectivity index (χ3v) is 11.2. The van der Waals surface area contributed by atoms with Crippen molar-refractivity contribution in [3.63, 3.8) is 0 Å². The molecule has 0 spiro atoms. The summed E-state index contributed by atoms with van der Waals surface area (Å²) in [7, 11) is 0. The van der Waals surface area contributed by atoms with E-state index in [0.717, 1.165) is 65.0 Å². The van der Waals surface area contributed by atoms with Crippen molar-refractivity contribution < 1.29 is 15.4 Å². The minimum atomic E-state index is -0.440. The molecule has 0 aliphatic carbocycles. The van der Waals surface area contributed by atoms with Gasteiger partial charge in [-0.1, -0.05) is 170 Å². The Morgan fingerprint density at radius 1 is 0.345 bits per heavy atom. The van der Waals surface area contributed by atoms with Crippen LogP contribution in [-0.4, -0.2) is 0 Å². The van der Waals surface area contributed by atoms with Crippen LogP contribution in [-0.2, 0) is 0 Å². The molecule has 0 saturated carbocycles. The van der Waals surface area contributed by atoms with Gasteiger partial charge in [0.1, 0.15) is 11.2 Å². The average Bonchev–Trinajstić information content (AvgIpc) is 3.72. The van der Waals surface area contributed by atoms with Crippen molar-refractivity contribution in [1.82, 2.24) is 0 Å². The number of rotatable bonds is 3. The van der Waals surface area contributed by atoms with Crippen LogP contribution in [0.15, 0.2) is 198 Å². The van der Waals surface area contributed by atoms with Crippen LogP contribution in [0.2, 0.25) is 0 Å². The average molecular weight is 705 g/mol. The third-order valence-electron chi connectivity index (χ3n) is 11.2. The van der Waals surface area contributed by atoms with Gasteiger partial charge in [-0.2, -0.15) is 0 Å². The number of hydrogen-bond acceptors (Lipinski definition) is 1. The summed E-state index contributed by atoms with van der Waals surface area (Å²) in [5, 5.41) is 10.3. The molecule has 1 heteroatoms. The SMILES string of the molecule is [2H]c1c([2H])c([2H])c2c(-c3ccc4oc5c6ccccc6c6ccccc6c5c4c3)c3c([2H])c([2H])c([2H])c([2H])c3c(-c3ccc4c(c3)cc(-c3ccccc3)c3ccccc34)c2c1[2H]. The molecule has 55 heavy (non-hydrogen) atoms. The molecule has 0 fully saturated rings. The smallest absolute Gasteiger partial charge is 0.143 e. The van der Waals surface area contributed by atoms with E-state index < -0.39 is 24.2 Å². The maximum atomic E-state index is 9.58. The van der Waals surface area contributed by atoms with Gasteiger partial charge in [0.25, 0.3) is 0 Å². The van der Waals surface area contributed by atoms with Gasteiger partial charge >= 0.3 is 0 Å². The number of hydrogen-bond donors (Lipinski definition) is 0. The van der Waals surface area contributed by atoms with Gasteiger partial charge in [-0.3, -0.25) is 0 Å². The molecule has 12 aromatic rings. The highest BCUT2D eigenvalue weighted by Gasteiger charge is 2.20. The molecule has 1 heterocycles. The Kier molecular flexibility index (Phi) is 4.96. The predicted octanol–water partition coefficient (Wildman–Crippen LogP) is 15.5. The van der Waals surface area contributed by atoms with Gasteiger partial charge in [-0.05, 0) is 117 Å². The van der Waals surface area contributed by atoms with Crippen molar-refractivity contribution in [2.24, 2.45) is 0 Å². The molecular weight excluding hydrogens is 665 g/mol. The Labute approximate surface area is 328 Å². The molecule has 1 nitrogen and oxygen atoms in total. The first-order valence-corrected chi connectivity index (χ1v) is 18.4. The van der Waals surface area contributed by atoms with Crippen LogP contribution in [0.4, 0.5) is 0 Å². The molecule has 0 unspecified atom stereocenters. The minimum absolute atomic E-state index is 0.166. The Morgan fingerprint density at radius 2 is 0.855 bits per heavy atom. The second kappa shape index (κ2) is 11.6. The van der Waals surface area contributed by atoms with Gasteiger partial charge in [0.15, 0.2) is 0 Å². The van der Waals surface area contributed by atoms with E-state index in [2.05, 4.69) is 48.5 Å². The van der Waals surface area contributed by atoms with Crippen molar-refractivity contribution in [3.8, 4) is 33.4 Å². The monoisotopic (exact) mass is 704 g/mol. The maximum Gasteiger partial charge on any atom is 0.143 e. The Balaban J connectivity index is 1.25. The van der Waals surface area contributed by atoms with Gasteiger partial charge in [0.2, 0.25) is 0 Å². The summed E-state index contributed by atoms with van der Waals surface area (Å²) >= 11 is 0. The minimum Gasteiger partial charge on any atom is -0.455 e. The highest BCUT2D eigenvalue weighted by Crippen LogP contribution is 2.47. The van der Waals surface area contributed by atoms with Crippen LogP contribution in [0.25, 0.3) is 120 Å². The summed E-state index contributed by atoms with van der Waals surface area (Å²) in [6, 6.07) is 45.2. The lowest BCUT2D eigenvalue weighted by Crippen LogP contribution is -1.91. The van der Waals surface area contributed by atoms with Gasteiger partial charge in [-0.25, -0.2) is 0 Å². The molecule has 0 N–H and O–H groups in total. The van der Waals surface area contributed by atoms with Crippen LogP contribution in [0.5, 0.6) is 0 Å². The second-order valence-corrected chi connectivity index (χ2v) is 14.1. The van der Waals surface area contributed by atoms with E-state index >= 15 is 0 Å². The van der Waals surface area contributed by atoms with Crippen LogP contribution in [0.3, 0.4) is 0 Å². The summed E-state index contributed by atoms with van der Waals surface area (Å²) in [4.78, 5) is 0. The van der Waals surface area contributed by atoms with Gasteiger partial charge in [-0.15, -0.1) is 0 Å². The van der Waals surface area contributed by atoms with E-state index in [1.54, 1.807) is 0 Å². The lowest BCUT2D eigenvalue weighted by molar-refractivity contribution is 0.673. The lowest BCUT2D eigenvalue weighted by atomic mass is 9.84. The van der Waals surface area contributed by atoms with Crippen LogP contribution < -0.4 is 0 Å². The van der Waals surface area contributed by atoms with Crippen molar-refractivity contribution in [2.75, 3.05) is 0 Å². The lowest BCUT2D eigenvalue weighted by Gasteiger charge is -2.18. The predicted molar refractivity (Wildman–Crippen MR) is 235 cm³/mol. The summed E-state index contributed by atoms with van der Waals surface area (Å²) in [6.45, 7) is 0. The van der Waals surface area contributed by atoms with Crippen molar-refractivity contribution in [3.05, 3.63) is 194 Å². The summed E-state index contributed by atoms with van der Waals surface area (Å²) in [6.07, 6.45) is 0. The van der Waals surface area contributed by atoms with E-state index in [1.807, 2.05) is 97.1 Å². The van der Waals surface area contributed by atoms with Crippen molar-refractivity contribution in [1.29, 1.82) is 0 Å².